The van der Waals surface area contributed by atoms with Crippen LogP contribution in [0.15, 0.2) is 84.0 Å². The number of para-hydroxylation sites is 1. The van der Waals surface area contributed by atoms with E-state index in [1.807, 2.05) is 42.5 Å². The Kier molecular flexibility index (Phi) is 7.03. The van der Waals surface area contributed by atoms with E-state index in [1.165, 1.54) is 19.2 Å². The zero-order chi connectivity index (χ0) is 29.4. The van der Waals surface area contributed by atoms with Gasteiger partial charge in [-0.15, -0.1) is 5.10 Å². The van der Waals surface area contributed by atoms with Gasteiger partial charge in [0.1, 0.15) is 5.69 Å². The lowest BCUT2D eigenvalue weighted by Crippen LogP contribution is -2.19. The van der Waals surface area contributed by atoms with E-state index in [2.05, 4.69) is 25.8 Å². The second-order valence-electron chi connectivity index (χ2n) is 8.85. The van der Waals surface area contributed by atoms with Crippen molar-refractivity contribution in [2.45, 2.75) is 19.3 Å². The summed E-state index contributed by atoms with van der Waals surface area (Å²) in [6.07, 6.45) is -8.63. The van der Waals surface area contributed by atoms with Crippen molar-refractivity contribution in [1.82, 2.24) is 25.4 Å². The van der Waals surface area contributed by atoms with Crippen LogP contribution in [0.3, 0.4) is 0 Å². The number of carbonyl (C=O) groups is 1. The number of fused-ring (bicyclic) bond motifs is 1. The number of halogens is 6. The molecule has 0 aliphatic heterocycles. The third kappa shape index (κ3) is 5.64. The van der Waals surface area contributed by atoms with Gasteiger partial charge < -0.3 is 0 Å². The number of alkyl halides is 6. The standard InChI is InChI=1S/C28H18F6N6O/c1-16-24(26(41)38-35-15-17-10-12-19(13-11-17)18-6-3-2-4-7-18)37-39-40(16)22-14-23(28(32,33)34)36-25-20(22)8-5-9-21(25)27(29,30)31/h2-15H,1H3,(H,38,41)/b35-15+. The molecule has 0 saturated carbocycles. The Morgan fingerprint density at radius 2 is 1.56 bits per heavy atom. The fourth-order valence-corrected chi connectivity index (χ4v) is 4.16. The van der Waals surface area contributed by atoms with E-state index >= 15 is 0 Å². The number of nitrogens with one attached hydrogen (secondary N) is 1. The maximum absolute atomic E-state index is 13.6. The van der Waals surface area contributed by atoms with Crippen molar-refractivity contribution >= 4 is 23.0 Å². The first kappa shape index (κ1) is 27.5. The van der Waals surface area contributed by atoms with Crippen LogP contribution in [0.25, 0.3) is 27.7 Å². The zero-order valence-electron chi connectivity index (χ0n) is 21.0. The van der Waals surface area contributed by atoms with Crippen LogP contribution in [0.1, 0.15) is 33.0 Å². The number of hydrogen-bond acceptors (Lipinski definition) is 5. The van der Waals surface area contributed by atoms with Gasteiger partial charge in [-0.2, -0.15) is 31.4 Å². The maximum atomic E-state index is 13.6. The zero-order valence-corrected chi connectivity index (χ0v) is 21.0. The van der Waals surface area contributed by atoms with Crippen LogP contribution in [0.4, 0.5) is 26.3 Å². The van der Waals surface area contributed by atoms with Gasteiger partial charge in [-0.3, -0.25) is 4.79 Å². The minimum Gasteiger partial charge on any atom is -0.265 e. The molecular weight excluding hydrogens is 550 g/mol. The molecule has 13 heteroatoms. The van der Waals surface area contributed by atoms with Crippen LogP contribution in [0, 0.1) is 6.92 Å². The van der Waals surface area contributed by atoms with Gasteiger partial charge in [0.25, 0.3) is 5.91 Å². The number of pyridine rings is 1. The van der Waals surface area contributed by atoms with E-state index in [0.29, 0.717) is 17.7 Å². The molecule has 2 heterocycles. The number of carbonyl (C=O) groups excluding carboxylic acids is 1. The fourth-order valence-electron chi connectivity index (χ4n) is 4.16. The maximum Gasteiger partial charge on any atom is 0.433 e. The highest BCUT2D eigenvalue weighted by atomic mass is 19.4. The smallest absolute Gasteiger partial charge is 0.265 e. The van der Waals surface area contributed by atoms with Gasteiger partial charge in [0.2, 0.25) is 0 Å². The van der Waals surface area contributed by atoms with Crippen LogP contribution in [0.5, 0.6) is 0 Å². The Morgan fingerprint density at radius 1 is 0.878 bits per heavy atom. The molecule has 1 amide bonds. The third-order valence-electron chi connectivity index (χ3n) is 6.15. The molecule has 7 nitrogen and oxygen atoms in total. The Bertz CT molecular complexity index is 1760. The summed E-state index contributed by atoms with van der Waals surface area (Å²) in [5, 5.41) is 11.1. The SMILES string of the molecule is Cc1c(C(=O)N/N=C/c2ccc(-c3ccccc3)cc2)nnn1-c1cc(C(F)(F)F)nc2c(C(F)(F)F)cccc12. The van der Waals surface area contributed by atoms with Crippen molar-refractivity contribution < 1.29 is 31.1 Å². The first-order chi connectivity index (χ1) is 19.4. The molecular formula is C28H18F6N6O. The molecule has 0 bridgehead atoms. The number of aromatic nitrogens is 4. The predicted octanol–water partition coefficient (Wildman–Crippen LogP) is 6.59. The number of rotatable bonds is 5. The molecule has 0 aliphatic rings. The van der Waals surface area contributed by atoms with Crippen LogP contribution in [0.2, 0.25) is 0 Å². The summed E-state index contributed by atoms with van der Waals surface area (Å²) >= 11 is 0. The minimum absolute atomic E-state index is 0.0250. The predicted molar refractivity (Wildman–Crippen MR) is 138 cm³/mol. The number of nitrogens with zero attached hydrogens (tertiary/aromatic N) is 5. The molecule has 2 aromatic heterocycles. The molecule has 0 fully saturated rings. The van der Waals surface area contributed by atoms with Crippen molar-refractivity contribution in [3.8, 4) is 16.8 Å². The molecule has 0 saturated heterocycles. The Labute approximate surface area is 228 Å². The monoisotopic (exact) mass is 568 g/mol. The molecule has 208 valence electrons. The van der Waals surface area contributed by atoms with Gasteiger partial charge in [-0.1, -0.05) is 71.9 Å². The minimum atomic E-state index is -5.05. The van der Waals surface area contributed by atoms with Crippen LogP contribution < -0.4 is 5.43 Å². The van der Waals surface area contributed by atoms with Gasteiger partial charge in [0, 0.05) is 5.39 Å². The fraction of sp³-hybridized carbons (Fsp3) is 0.107. The lowest BCUT2D eigenvalue weighted by Gasteiger charge is -2.15. The molecule has 0 radical (unpaired) electrons. The quantitative estimate of drug-likeness (QED) is 0.147. The average molecular weight is 568 g/mol. The van der Waals surface area contributed by atoms with Gasteiger partial charge in [-0.25, -0.2) is 15.1 Å². The van der Waals surface area contributed by atoms with E-state index in [4.69, 9.17) is 0 Å². The van der Waals surface area contributed by atoms with E-state index in [9.17, 15) is 31.1 Å². The topological polar surface area (TPSA) is 85.1 Å². The van der Waals surface area contributed by atoms with E-state index < -0.39 is 35.0 Å². The highest BCUT2D eigenvalue weighted by Crippen LogP contribution is 2.38. The molecule has 0 atom stereocenters. The Morgan fingerprint density at radius 3 is 2.22 bits per heavy atom. The molecule has 0 aliphatic carbocycles. The summed E-state index contributed by atoms with van der Waals surface area (Å²) in [5.74, 6) is -0.823. The molecule has 3 aromatic carbocycles. The highest BCUT2D eigenvalue weighted by Gasteiger charge is 2.38. The average Bonchev–Trinajstić information content (AvgIpc) is 3.33. The Balaban J connectivity index is 1.43. The van der Waals surface area contributed by atoms with Gasteiger partial charge >= 0.3 is 12.4 Å². The highest BCUT2D eigenvalue weighted by molar-refractivity contribution is 5.95. The molecule has 1 N–H and O–H groups in total. The lowest BCUT2D eigenvalue weighted by molar-refractivity contribution is -0.142. The second-order valence-corrected chi connectivity index (χ2v) is 8.85. The molecule has 0 unspecified atom stereocenters. The summed E-state index contributed by atoms with van der Waals surface area (Å²) in [4.78, 5) is 16.0. The molecule has 0 spiro atoms. The summed E-state index contributed by atoms with van der Waals surface area (Å²) in [6, 6.07) is 20.5. The third-order valence-corrected chi connectivity index (χ3v) is 6.15. The molecule has 5 aromatic rings. The summed E-state index contributed by atoms with van der Waals surface area (Å²) in [6.45, 7) is 1.34. The Hall–Kier alpha value is -5.07. The summed E-state index contributed by atoms with van der Waals surface area (Å²) < 4.78 is 82.4. The number of hydrogen-bond donors (Lipinski definition) is 1. The summed E-state index contributed by atoms with van der Waals surface area (Å²) in [5.41, 5.74) is 0.471. The van der Waals surface area contributed by atoms with E-state index in [-0.39, 0.29) is 22.5 Å². The normalized spacial score (nSPS) is 12.3. The number of benzene rings is 3. The lowest BCUT2D eigenvalue weighted by atomic mass is 10.0. The number of hydrazone groups is 1. The number of amides is 1. The first-order valence-corrected chi connectivity index (χ1v) is 11.9. The van der Waals surface area contributed by atoms with Crippen LogP contribution >= 0.6 is 0 Å². The largest absolute Gasteiger partial charge is 0.433 e. The van der Waals surface area contributed by atoms with Crippen LogP contribution in [-0.4, -0.2) is 32.1 Å². The molecule has 5 rings (SSSR count). The van der Waals surface area contributed by atoms with Crippen molar-refractivity contribution in [2.75, 3.05) is 0 Å². The van der Waals surface area contributed by atoms with E-state index in [1.54, 1.807) is 12.1 Å². The second kappa shape index (κ2) is 10.5. The van der Waals surface area contributed by atoms with Crippen molar-refractivity contribution in [3.05, 3.63) is 107 Å². The van der Waals surface area contributed by atoms with E-state index in [0.717, 1.165) is 21.9 Å². The molecule has 41 heavy (non-hydrogen) atoms. The van der Waals surface area contributed by atoms with Crippen molar-refractivity contribution in [2.24, 2.45) is 5.10 Å². The first-order valence-electron chi connectivity index (χ1n) is 11.9. The van der Waals surface area contributed by atoms with Crippen molar-refractivity contribution in [3.63, 3.8) is 0 Å². The van der Waals surface area contributed by atoms with Gasteiger partial charge in [-0.05, 0) is 35.7 Å². The van der Waals surface area contributed by atoms with Gasteiger partial charge in [0.15, 0.2) is 5.69 Å². The van der Waals surface area contributed by atoms with Gasteiger partial charge in [0.05, 0.1) is 28.7 Å². The summed E-state index contributed by atoms with van der Waals surface area (Å²) in [7, 11) is 0. The van der Waals surface area contributed by atoms with Crippen LogP contribution in [-0.2, 0) is 12.4 Å². The van der Waals surface area contributed by atoms with Crippen molar-refractivity contribution in [1.29, 1.82) is 0 Å².